The molecule has 0 aliphatic carbocycles. The highest BCUT2D eigenvalue weighted by Gasteiger charge is 2.36. The first-order valence-electron chi connectivity index (χ1n) is 9.67. The maximum atomic E-state index is 12.9. The Labute approximate surface area is 173 Å². The minimum atomic E-state index is -0.527. The maximum Gasteiger partial charge on any atom is 0.307 e. The van der Waals surface area contributed by atoms with Crippen LogP contribution in [0.25, 0.3) is 0 Å². The second kappa shape index (κ2) is 8.44. The Morgan fingerprint density at radius 3 is 2.70 bits per heavy atom. The smallest absolute Gasteiger partial charge is 0.307 e. The minimum Gasteiger partial charge on any atom is -0.469 e. The van der Waals surface area contributed by atoms with Gasteiger partial charge in [0.25, 0.3) is 0 Å². The Kier molecular flexibility index (Phi) is 5.56. The third-order valence-corrected chi connectivity index (χ3v) is 5.28. The van der Waals surface area contributed by atoms with Gasteiger partial charge in [-0.2, -0.15) is 0 Å². The molecule has 8 heteroatoms. The van der Waals surface area contributed by atoms with Gasteiger partial charge in [-0.3, -0.25) is 14.4 Å². The lowest BCUT2D eigenvalue weighted by molar-refractivity contribution is -0.141. The number of rotatable bonds is 6. The molecule has 156 valence electrons. The summed E-state index contributed by atoms with van der Waals surface area (Å²) in [7, 11) is 1.31. The Bertz CT molecular complexity index is 961. The Hall–Kier alpha value is -3.55. The molecule has 0 radical (unpaired) electrons. The van der Waals surface area contributed by atoms with Gasteiger partial charge in [0, 0.05) is 24.7 Å². The van der Waals surface area contributed by atoms with Crippen LogP contribution in [0, 0.1) is 5.92 Å². The summed E-state index contributed by atoms with van der Waals surface area (Å²) in [5.74, 6) is -0.147. The molecule has 1 N–H and O–H groups in total. The van der Waals surface area contributed by atoms with Crippen molar-refractivity contribution in [2.75, 3.05) is 25.3 Å². The number of methoxy groups -OCH3 is 1. The van der Waals surface area contributed by atoms with E-state index in [1.807, 2.05) is 30.3 Å². The van der Waals surface area contributed by atoms with E-state index in [1.165, 1.54) is 7.11 Å². The van der Waals surface area contributed by atoms with E-state index in [2.05, 4.69) is 5.32 Å². The van der Waals surface area contributed by atoms with Crippen molar-refractivity contribution < 1.29 is 28.6 Å². The molecule has 0 saturated carbocycles. The summed E-state index contributed by atoms with van der Waals surface area (Å²) in [5.41, 5.74) is 1.46. The molecule has 2 atom stereocenters. The molecule has 0 bridgehead atoms. The van der Waals surface area contributed by atoms with Crippen LogP contribution in [0.5, 0.6) is 11.5 Å². The van der Waals surface area contributed by atoms with E-state index >= 15 is 0 Å². The zero-order valence-electron chi connectivity index (χ0n) is 16.5. The first kappa shape index (κ1) is 19.8. The van der Waals surface area contributed by atoms with Gasteiger partial charge in [0.15, 0.2) is 11.5 Å². The standard InChI is InChI=1S/C22H22N2O6/c1-28-21(26)11-17(14-5-3-2-4-6-14)23-22(27)15-9-20(25)24(12-15)16-7-8-18-19(10-16)30-13-29-18/h2-8,10,15,17H,9,11-13H2,1H3,(H,23,27)/t15-,17-/m0/s1. The lowest BCUT2D eigenvalue weighted by Crippen LogP contribution is -2.36. The fourth-order valence-corrected chi connectivity index (χ4v) is 3.66. The number of anilines is 1. The second-order valence-corrected chi connectivity index (χ2v) is 7.20. The number of amides is 2. The molecule has 8 nitrogen and oxygen atoms in total. The fourth-order valence-electron chi connectivity index (χ4n) is 3.66. The van der Waals surface area contributed by atoms with Gasteiger partial charge in [-0.15, -0.1) is 0 Å². The third-order valence-electron chi connectivity index (χ3n) is 5.28. The van der Waals surface area contributed by atoms with Gasteiger partial charge in [0.2, 0.25) is 18.6 Å². The zero-order chi connectivity index (χ0) is 21.1. The van der Waals surface area contributed by atoms with E-state index in [1.54, 1.807) is 23.1 Å². The lowest BCUT2D eigenvalue weighted by atomic mass is 10.0. The van der Waals surface area contributed by atoms with Gasteiger partial charge >= 0.3 is 5.97 Å². The van der Waals surface area contributed by atoms with Gasteiger partial charge < -0.3 is 24.4 Å². The summed E-state index contributed by atoms with van der Waals surface area (Å²) < 4.78 is 15.4. The van der Waals surface area contributed by atoms with Crippen LogP contribution in [0.2, 0.25) is 0 Å². The summed E-state index contributed by atoms with van der Waals surface area (Å²) >= 11 is 0. The molecular formula is C22H22N2O6. The quantitative estimate of drug-likeness (QED) is 0.734. The van der Waals surface area contributed by atoms with Crippen LogP contribution in [0.1, 0.15) is 24.4 Å². The van der Waals surface area contributed by atoms with E-state index in [0.717, 1.165) is 5.56 Å². The van der Waals surface area contributed by atoms with Crippen molar-refractivity contribution >= 4 is 23.5 Å². The van der Waals surface area contributed by atoms with Crippen LogP contribution >= 0.6 is 0 Å². The summed E-state index contributed by atoms with van der Waals surface area (Å²) in [5, 5.41) is 2.91. The van der Waals surface area contributed by atoms with E-state index in [0.29, 0.717) is 17.2 Å². The fraction of sp³-hybridized carbons (Fsp3) is 0.318. The molecule has 0 spiro atoms. The van der Waals surface area contributed by atoms with Gasteiger partial charge in [-0.05, 0) is 17.7 Å². The van der Waals surface area contributed by atoms with Crippen molar-refractivity contribution in [1.82, 2.24) is 5.32 Å². The summed E-state index contributed by atoms with van der Waals surface area (Å²) in [4.78, 5) is 38.9. The predicted molar refractivity (Wildman–Crippen MR) is 107 cm³/mol. The molecule has 2 aromatic carbocycles. The Balaban J connectivity index is 1.46. The first-order chi connectivity index (χ1) is 14.5. The van der Waals surface area contributed by atoms with Crippen LogP contribution in [-0.4, -0.2) is 38.2 Å². The van der Waals surface area contributed by atoms with Crippen LogP contribution in [0.4, 0.5) is 5.69 Å². The molecule has 0 unspecified atom stereocenters. The number of esters is 1. The predicted octanol–water partition coefficient (Wildman–Crippen LogP) is 2.19. The molecule has 2 amide bonds. The highest BCUT2D eigenvalue weighted by Crippen LogP contribution is 2.37. The van der Waals surface area contributed by atoms with E-state index in [9.17, 15) is 14.4 Å². The molecule has 0 aromatic heterocycles. The molecule has 2 heterocycles. The highest BCUT2D eigenvalue weighted by molar-refractivity contribution is 6.00. The van der Waals surface area contributed by atoms with Gasteiger partial charge in [0.1, 0.15) is 0 Å². The van der Waals surface area contributed by atoms with Crippen LogP contribution in [0.15, 0.2) is 48.5 Å². The molecule has 2 aliphatic heterocycles. The summed E-state index contributed by atoms with van der Waals surface area (Å²) in [6.45, 7) is 0.406. The molecule has 2 aliphatic rings. The minimum absolute atomic E-state index is 0.0127. The number of ether oxygens (including phenoxy) is 3. The topological polar surface area (TPSA) is 94.2 Å². The Morgan fingerprint density at radius 2 is 1.93 bits per heavy atom. The summed E-state index contributed by atoms with van der Waals surface area (Å²) in [6, 6.07) is 14.0. The van der Waals surface area contributed by atoms with Crippen molar-refractivity contribution in [2.45, 2.75) is 18.9 Å². The number of fused-ring (bicyclic) bond motifs is 1. The molecule has 4 rings (SSSR count). The van der Waals surface area contributed by atoms with Crippen molar-refractivity contribution in [2.24, 2.45) is 5.92 Å². The molecule has 30 heavy (non-hydrogen) atoms. The number of nitrogens with zero attached hydrogens (tertiary/aromatic N) is 1. The van der Waals surface area contributed by atoms with Gasteiger partial charge in [-0.25, -0.2) is 0 Å². The SMILES string of the molecule is COC(=O)C[C@H](NC(=O)[C@H]1CC(=O)N(c2ccc3c(c2)OCO3)C1)c1ccccc1. The van der Waals surface area contributed by atoms with Crippen molar-refractivity contribution in [1.29, 1.82) is 0 Å². The van der Waals surface area contributed by atoms with Crippen molar-refractivity contribution in [3.63, 3.8) is 0 Å². The first-order valence-corrected chi connectivity index (χ1v) is 9.67. The maximum absolute atomic E-state index is 12.9. The van der Waals surface area contributed by atoms with E-state index in [4.69, 9.17) is 14.2 Å². The van der Waals surface area contributed by atoms with Crippen LogP contribution in [0.3, 0.4) is 0 Å². The van der Waals surface area contributed by atoms with E-state index in [-0.39, 0.29) is 38.0 Å². The number of hydrogen-bond donors (Lipinski definition) is 1. The number of nitrogens with one attached hydrogen (secondary N) is 1. The average Bonchev–Trinajstić information content (AvgIpc) is 3.39. The zero-order valence-corrected chi connectivity index (χ0v) is 16.5. The molecule has 1 saturated heterocycles. The van der Waals surface area contributed by atoms with Crippen molar-refractivity contribution in [3.8, 4) is 11.5 Å². The average molecular weight is 410 g/mol. The number of carbonyl (C=O) groups is 3. The third kappa shape index (κ3) is 4.07. The number of carbonyl (C=O) groups excluding carboxylic acids is 3. The van der Waals surface area contributed by atoms with E-state index < -0.39 is 17.9 Å². The van der Waals surface area contributed by atoms with Crippen molar-refractivity contribution in [3.05, 3.63) is 54.1 Å². The highest BCUT2D eigenvalue weighted by atomic mass is 16.7. The number of benzene rings is 2. The summed E-state index contributed by atoms with van der Waals surface area (Å²) in [6.07, 6.45) is 0.110. The normalized spacial score (nSPS) is 18.2. The van der Waals surface area contributed by atoms with Gasteiger partial charge in [-0.1, -0.05) is 30.3 Å². The molecule has 1 fully saturated rings. The number of hydrogen-bond acceptors (Lipinski definition) is 6. The monoisotopic (exact) mass is 410 g/mol. The second-order valence-electron chi connectivity index (χ2n) is 7.20. The molecule has 2 aromatic rings. The van der Waals surface area contributed by atoms with Gasteiger partial charge in [0.05, 0.1) is 25.5 Å². The van der Waals surface area contributed by atoms with Crippen LogP contribution < -0.4 is 19.7 Å². The largest absolute Gasteiger partial charge is 0.469 e. The molecular weight excluding hydrogens is 388 g/mol. The Morgan fingerprint density at radius 1 is 1.17 bits per heavy atom. The van der Waals surface area contributed by atoms with Crippen LogP contribution in [-0.2, 0) is 19.1 Å². The lowest BCUT2D eigenvalue weighted by Gasteiger charge is -2.21.